The highest BCUT2D eigenvalue weighted by atomic mass is 31.2. The zero-order valence-electron chi connectivity index (χ0n) is 12.6. The lowest BCUT2D eigenvalue weighted by Crippen LogP contribution is -2.45. The molecule has 4 nitrogen and oxygen atoms in total. The summed E-state index contributed by atoms with van der Waals surface area (Å²) in [4.78, 5) is 0. The van der Waals surface area contributed by atoms with E-state index in [0.717, 1.165) is 10.6 Å². The molecule has 4 rings (SSSR count). The first-order chi connectivity index (χ1) is 11.3. The smallest absolute Gasteiger partial charge is 0.205 e. The van der Waals surface area contributed by atoms with Crippen molar-refractivity contribution < 1.29 is 18.1 Å². The quantitative estimate of drug-likeness (QED) is 0.780. The molecule has 0 N–H and O–H groups in total. The van der Waals surface area contributed by atoms with E-state index < -0.39 is 16.8 Å². The van der Waals surface area contributed by atoms with Crippen molar-refractivity contribution in [3.8, 4) is 0 Å². The van der Waals surface area contributed by atoms with Crippen LogP contribution in [0.3, 0.4) is 0 Å². The van der Waals surface area contributed by atoms with Crippen molar-refractivity contribution in [2.24, 2.45) is 5.41 Å². The second-order valence-corrected chi connectivity index (χ2v) is 8.87. The molecule has 2 heterocycles. The zero-order chi connectivity index (χ0) is 15.5. The molecule has 0 saturated carbocycles. The summed E-state index contributed by atoms with van der Waals surface area (Å²) in [6.07, 6.45) is 0. The minimum atomic E-state index is -0.978. The molecule has 120 valence electrons. The number of rotatable bonds is 2. The summed E-state index contributed by atoms with van der Waals surface area (Å²) in [7, 11) is -1.96. The third-order valence-corrected chi connectivity index (χ3v) is 6.78. The van der Waals surface area contributed by atoms with Gasteiger partial charge in [-0.05, 0) is 24.3 Å². The molecule has 23 heavy (non-hydrogen) atoms. The van der Waals surface area contributed by atoms with Crippen LogP contribution < -0.4 is 10.6 Å². The molecule has 6 heteroatoms. The molecule has 0 unspecified atom stereocenters. The van der Waals surface area contributed by atoms with E-state index in [1.165, 1.54) is 0 Å². The third-order valence-electron chi connectivity index (χ3n) is 3.89. The van der Waals surface area contributed by atoms with Gasteiger partial charge < -0.3 is 18.1 Å². The number of hydrogen-bond donors (Lipinski definition) is 0. The van der Waals surface area contributed by atoms with Gasteiger partial charge in [0.15, 0.2) is 0 Å². The molecule has 2 aliphatic heterocycles. The van der Waals surface area contributed by atoms with E-state index in [9.17, 15) is 0 Å². The second-order valence-electron chi connectivity index (χ2n) is 5.78. The third kappa shape index (κ3) is 3.49. The van der Waals surface area contributed by atoms with Crippen LogP contribution in [0.1, 0.15) is 0 Å². The van der Waals surface area contributed by atoms with Crippen LogP contribution in [0.5, 0.6) is 0 Å². The topological polar surface area (TPSA) is 36.9 Å². The number of benzene rings is 2. The Bertz CT molecular complexity index is 561. The molecular weight excluding hydrogens is 330 g/mol. The van der Waals surface area contributed by atoms with Crippen molar-refractivity contribution in [1.82, 2.24) is 0 Å². The van der Waals surface area contributed by atoms with E-state index in [4.69, 9.17) is 18.1 Å². The maximum absolute atomic E-state index is 5.99. The van der Waals surface area contributed by atoms with Crippen molar-refractivity contribution in [1.29, 1.82) is 0 Å². The van der Waals surface area contributed by atoms with Gasteiger partial charge in [0.2, 0.25) is 16.8 Å². The van der Waals surface area contributed by atoms with Crippen LogP contribution in [0.4, 0.5) is 0 Å². The van der Waals surface area contributed by atoms with Gasteiger partial charge in [0, 0.05) is 10.6 Å². The van der Waals surface area contributed by atoms with Gasteiger partial charge in [-0.25, -0.2) is 0 Å². The zero-order valence-corrected chi connectivity index (χ0v) is 14.4. The molecule has 0 aromatic heterocycles. The van der Waals surface area contributed by atoms with E-state index in [-0.39, 0.29) is 5.41 Å². The first-order valence-corrected chi connectivity index (χ1v) is 9.92. The van der Waals surface area contributed by atoms with Crippen molar-refractivity contribution in [2.75, 3.05) is 26.4 Å². The fourth-order valence-electron chi connectivity index (χ4n) is 2.50. The van der Waals surface area contributed by atoms with Gasteiger partial charge in [-0.15, -0.1) is 0 Å². The van der Waals surface area contributed by atoms with E-state index >= 15 is 0 Å². The highest BCUT2D eigenvalue weighted by Gasteiger charge is 2.43. The van der Waals surface area contributed by atoms with Crippen molar-refractivity contribution >= 4 is 27.4 Å². The van der Waals surface area contributed by atoms with Crippen LogP contribution in [-0.4, -0.2) is 26.4 Å². The summed E-state index contributed by atoms with van der Waals surface area (Å²) in [6.45, 7) is 2.47. The second kappa shape index (κ2) is 6.94. The lowest BCUT2D eigenvalue weighted by Gasteiger charge is -2.42. The van der Waals surface area contributed by atoms with Gasteiger partial charge in [-0.1, -0.05) is 36.4 Å². The van der Waals surface area contributed by atoms with Crippen molar-refractivity contribution in [3.63, 3.8) is 0 Å². The molecular formula is C17H18O4P2. The van der Waals surface area contributed by atoms with Crippen LogP contribution >= 0.6 is 16.8 Å². The van der Waals surface area contributed by atoms with E-state index in [2.05, 4.69) is 0 Å². The molecule has 2 saturated heterocycles. The normalized spacial score (nSPS) is 31.1. The molecule has 2 fully saturated rings. The average Bonchev–Trinajstić information content (AvgIpc) is 2.65. The van der Waals surface area contributed by atoms with Crippen LogP contribution in [0, 0.1) is 5.41 Å². The number of hydrogen-bond acceptors (Lipinski definition) is 4. The van der Waals surface area contributed by atoms with Gasteiger partial charge in [0.1, 0.15) is 0 Å². The molecule has 0 radical (unpaired) electrons. The van der Waals surface area contributed by atoms with Gasteiger partial charge in [-0.2, -0.15) is 0 Å². The molecule has 2 aliphatic rings. The highest BCUT2D eigenvalue weighted by Crippen LogP contribution is 2.51. The van der Waals surface area contributed by atoms with Gasteiger partial charge >= 0.3 is 0 Å². The summed E-state index contributed by atoms with van der Waals surface area (Å²) < 4.78 is 24.0. The molecule has 0 aliphatic carbocycles. The first kappa shape index (κ1) is 15.7. The molecule has 1 spiro atoms. The van der Waals surface area contributed by atoms with E-state index in [1.54, 1.807) is 0 Å². The Hall–Kier alpha value is -0.860. The largest absolute Gasteiger partial charge is 0.330 e. The monoisotopic (exact) mass is 348 g/mol. The molecule has 0 amide bonds. The van der Waals surface area contributed by atoms with Gasteiger partial charge in [-0.3, -0.25) is 0 Å². The maximum Gasteiger partial charge on any atom is 0.205 e. The van der Waals surface area contributed by atoms with Crippen molar-refractivity contribution in [2.45, 2.75) is 0 Å². The Kier molecular flexibility index (Phi) is 4.73. The first-order valence-electron chi connectivity index (χ1n) is 7.57. The summed E-state index contributed by atoms with van der Waals surface area (Å²) >= 11 is 0. The summed E-state index contributed by atoms with van der Waals surface area (Å²) in [5, 5.41) is 2.23. The fraction of sp³-hybridized carbons (Fsp3) is 0.294. The van der Waals surface area contributed by atoms with Crippen molar-refractivity contribution in [3.05, 3.63) is 60.7 Å². The van der Waals surface area contributed by atoms with Crippen LogP contribution in [0.15, 0.2) is 60.7 Å². The van der Waals surface area contributed by atoms with E-state index in [1.807, 2.05) is 60.7 Å². The predicted molar refractivity (Wildman–Crippen MR) is 92.2 cm³/mol. The fourth-order valence-corrected chi connectivity index (χ4v) is 5.65. The molecule has 0 bridgehead atoms. The Balaban J connectivity index is 1.36. The minimum Gasteiger partial charge on any atom is -0.330 e. The lowest BCUT2D eigenvalue weighted by atomic mass is 9.93. The summed E-state index contributed by atoms with van der Waals surface area (Å²) in [5.41, 5.74) is -0.179. The Labute approximate surface area is 138 Å². The van der Waals surface area contributed by atoms with Crippen LogP contribution in [0.25, 0.3) is 0 Å². The molecule has 0 atom stereocenters. The van der Waals surface area contributed by atoms with Crippen LogP contribution in [0.2, 0.25) is 0 Å². The molecule has 2 aromatic carbocycles. The predicted octanol–water partition coefficient (Wildman–Crippen LogP) is 3.34. The van der Waals surface area contributed by atoms with Gasteiger partial charge in [0.25, 0.3) is 0 Å². The molecule has 2 aromatic rings. The SMILES string of the molecule is c1ccc(P2OCC3(CO2)COP(c2ccccc2)OC3)cc1. The Morgan fingerprint density at radius 3 is 1.26 bits per heavy atom. The highest BCUT2D eigenvalue weighted by molar-refractivity contribution is 7.56. The maximum atomic E-state index is 5.99. The standard InChI is InChI=1S/C17H18O4P2/c1-3-7-15(8-4-1)22-18-11-17(12-19-22)13-20-23(21-14-17)16-9-5-2-6-10-16/h1-10H,11-14H2. The van der Waals surface area contributed by atoms with E-state index in [0.29, 0.717) is 26.4 Å². The van der Waals surface area contributed by atoms with Crippen LogP contribution in [-0.2, 0) is 18.1 Å². The minimum absolute atomic E-state index is 0.179. The summed E-state index contributed by atoms with van der Waals surface area (Å²) in [5.74, 6) is 0. The van der Waals surface area contributed by atoms with Gasteiger partial charge in [0.05, 0.1) is 31.8 Å². The Morgan fingerprint density at radius 2 is 0.913 bits per heavy atom. The lowest BCUT2D eigenvalue weighted by molar-refractivity contribution is -0.0498. The summed E-state index contributed by atoms with van der Waals surface area (Å²) in [6, 6.07) is 20.2. The average molecular weight is 348 g/mol. The Morgan fingerprint density at radius 1 is 0.565 bits per heavy atom.